The third kappa shape index (κ3) is 2.44. The molecule has 1 aliphatic rings. The van der Waals surface area contributed by atoms with E-state index in [1.165, 1.54) is 0 Å². The van der Waals surface area contributed by atoms with Gasteiger partial charge in [0.2, 0.25) is 0 Å². The summed E-state index contributed by atoms with van der Waals surface area (Å²) in [6, 6.07) is 0.528. The van der Waals surface area contributed by atoms with Gasteiger partial charge < -0.3 is 10.0 Å². The Labute approximate surface area is 79.7 Å². The molecule has 0 aliphatic carbocycles. The maximum Gasteiger partial charge on any atom is 0.306 e. The predicted octanol–water partition coefficient (Wildman–Crippen LogP) is 1.44. The number of rotatable bonds is 2. The zero-order valence-corrected chi connectivity index (χ0v) is 8.66. The van der Waals surface area contributed by atoms with E-state index in [1.54, 1.807) is 0 Å². The molecule has 1 heterocycles. The molecule has 1 aliphatic heterocycles. The Morgan fingerprint density at radius 2 is 2.23 bits per heavy atom. The van der Waals surface area contributed by atoms with E-state index in [1.807, 2.05) is 6.92 Å². The number of aliphatic carboxylic acids is 1. The van der Waals surface area contributed by atoms with Crippen LogP contribution in [0.4, 0.5) is 0 Å². The van der Waals surface area contributed by atoms with Crippen LogP contribution in [0.5, 0.6) is 0 Å². The molecule has 76 valence electrons. The fraction of sp³-hybridized carbons (Fsp3) is 0.900. The highest BCUT2D eigenvalue weighted by Crippen LogP contribution is 2.27. The second kappa shape index (κ2) is 4.09. The standard InChI is InChI=1S/C10H19NO2/c1-7-6-9(4-5-11(7)3)8(2)10(12)13/h7-9H,4-6H2,1-3H3,(H,12,13). The van der Waals surface area contributed by atoms with Crippen LogP contribution in [0.25, 0.3) is 0 Å². The summed E-state index contributed by atoms with van der Waals surface area (Å²) in [5.74, 6) is -0.471. The van der Waals surface area contributed by atoms with Crippen LogP contribution < -0.4 is 0 Å². The van der Waals surface area contributed by atoms with Gasteiger partial charge in [-0.3, -0.25) is 4.79 Å². The van der Waals surface area contributed by atoms with Gasteiger partial charge in [-0.1, -0.05) is 6.92 Å². The lowest BCUT2D eigenvalue weighted by molar-refractivity contribution is -0.143. The van der Waals surface area contributed by atoms with Crippen LogP contribution in [0, 0.1) is 11.8 Å². The summed E-state index contributed by atoms with van der Waals surface area (Å²) >= 11 is 0. The fourth-order valence-corrected chi connectivity index (χ4v) is 1.98. The van der Waals surface area contributed by atoms with E-state index in [9.17, 15) is 4.79 Å². The highest BCUT2D eigenvalue weighted by molar-refractivity contribution is 5.69. The fourth-order valence-electron chi connectivity index (χ4n) is 1.98. The predicted molar refractivity (Wildman–Crippen MR) is 51.6 cm³/mol. The van der Waals surface area contributed by atoms with Crippen molar-refractivity contribution in [3.63, 3.8) is 0 Å². The van der Waals surface area contributed by atoms with Crippen molar-refractivity contribution in [1.29, 1.82) is 0 Å². The van der Waals surface area contributed by atoms with Crippen molar-refractivity contribution in [3.8, 4) is 0 Å². The summed E-state index contributed by atoms with van der Waals surface area (Å²) < 4.78 is 0. The number of carboxylic acids is 1. The van der Waals surface area contributed by atoms with Crippen LogP contribution in [0.3, 0.4) is 0 Å². The third-order valence-corrected chi connectivity index (χ3v) is 3.35. The Kier molecular flexibility index (Phi) is 3.31. The van der Waals surface area contributed by atoms with E-state index in [4.69, 9.17) is 5.11 Å². The van der Waals surface area contributed by atoms with Gasteiger partial charge in [0.05, 0.1) is 5.92 Å². The SMILES string of the molecule is CC(C(=O)O)C1CCN(C)C(C)C1. The molecule has 3 atom stereocenters. The minimum absolute atomic E-state index is 0.184. The lowest BCUT2D eigenvalue weighted by atomic mass is 9.83. The average molecular weight is 185 g/mol. The van der Waals surface area contributed by atoms with Gasteiger partial charge in [0.1, 0.15) is 0 Å². The summed E-state index contributed by atoms with van der Waals surface area (Å²) in [7, 11) is 2.10. The molecule has 13 heavy (non-hydrogen) atoms. The van der Waals surface area contributed by atoms with E-state index >= 15 is 0 Å². The second-order valence-electron chi connectivity index (χ2n) is 4.24. The van der Waals surface area contributed by atoms with Crippen molar-refractivity contribution >= 4 is 5.97 Å². The second-order valence-corrected chi connectivity index (χ2v) is 4.24. The molecule has 0 amide bonds. The molecular weight excluding hydrogens is 166 g/mol. The first-order valence-corrected chi connectivity index (χ1v) is 4.95. The number of nitrogens with zero attached hydrogens (tertiary/aromatic N) is 1. The van der Waals surface area contributed by atoms with Crippen LogP contribution in [0.1, 0.15) is 26.7 Å². The van der Waals surface area contributed by atoms with Crippen molar-refractivity contribution in [2.75, 3.05) is 13.6 Å². The lowest BCUT2D eigenvalue weighted by Crippen LogP contribution is -2.40. The van der Waals surface area contributed by atoms with Gasteiger partial charge in [0, 0.05) is 6.04 Å². The normalized spacial score (nSPS) is 32.8. The van der Waals surface area contributed by atoms with Crippen molar-refractivity contribution in [1.82, 2.24) is 4.90 Å². The maximum absolute atomic E-state index is 10.8. The molecule has 0 bridgehead atoms. The van der Waals surface area contributed by atoms with Crippen LogP contribution in [0.15, 0.2) is 0 Å². The highest BCUT2D eigenvalue weighted by Gasteiger charge is 2.29. The molecule has 1 saturated heterocycles. The van der Waals surface area contributed by atoms with Gasteiger partial charge in [-0.25, -0.2) is 0 Å². The van der Waals surface area contributed by atoms with Crippen molar-refractivity contribution in [2.45, 2.75) is 32.7 Å². The molecular formula is C10H19NO2. The number of carbonyl (C=O) groups is 1. The van der Waals surface area contributed by atoms with Crippen molar-refractivity contribution < 1.29 is 9.90 Å². The Balaban J connectivity index is 2.50. The third-order valence-electron chi connectivity index (χ3n) is 3.35. The van der Waals surface area contributed by atoms with E-state index in [-0.39, 0.29) is 5.92 Å². The Morgan fingerprint density at radius 3 is 2.69 bits per heavy atom. The van der Waals surface area contributed by atoms with Crippen LogP contribution in [-0.4, -0.2) is 35.6 Å². The van der Waals surface area contributed by atoms with E-state index in [0.29, 0.717) is 12.0 Å². The van der Waals surface area contributed by atoms with E-state index in [2.05, 4.69) is 18.9 Å². The van der Waals surface area contributed by atoms with Gasteiger partial charge in [-0.05, 0) is 39.3 Å². The zero-order chi connectivity index (χ0) is 10.0. The largest absolute Gasteiger partial charge is 0.481 e. The molecule has 1 N–H and O–H groups in total. The molecule has 3 nitrogen and oxygen atoms in total. The van der Waals surface area contributed by atoms with Gasteiger partial charge >= 0.3 is 5.97 Å². The molecule has 1 rings (SSSR count). The smallest absolute Gasteiger partial charge is 0.306 e. The van der Waals surface area contributed by atoms with Gasteiger partial charge in [-0.15, -0.1) is 0 Å². The molecule has 0 aromatic rings. The number of carboxylic acid groups (broad SMARTS) is 1. The molecule has 3 unspecified atom stereocenters. The first-order chi connectivity index (χ1) is 6.02. The summed E-state index contributed by atoms with van der Waals surface area (Å²) in [5, 5.41) is 8.87. The minimum Gasteiger partial charge on any atom is -0.481 e. The van der Waals surface area contributed by atoms with Crippen LogP contribution in [-0.2, 0) is 4.79 Å². The Morgan fingerprint density at radius 1 is 1.62 bits per heavy atom. The molecule has 0 aromatic heterocycles. The van der Waals surface area contributed by atoms with E-state index in [0.717, 1.165) is 19.4 Å². The number of piperidine rings is 1. The summed E-state index contributed by atoms with van der Waals surface area (Å²) in [6.07, 6.45) is 2.04. The highest BCUT2D eigenvalue weighted by atomic mass is 16.4. The summed E-state index contributed by atoms with van der Waals surface area (Å²) in [6.45, 7) is 5.02. The monoisotopic (exact) mass is 185 g/mol. The lowest BCUT2D eigenvalue weighted by Gasteiger charge is -2.36. The van der Waals surface area contributed by atoms with Gasteiger partial charge in [-0.2, -0.15) is 0 Å². The van der Waals surface area contributed by atoms with Crippen LogP contribution in [0.2, 0.25) is 0 Å². The number of likely N-dealkylation sites (tertiary alicyclic amines) is 1. The Hall–Kier alpha value is -0.570. The molecule has 3 heteroatoms. The minimum atomic E-state index is -0.651. The first kappa shape index (κ1) is 10.5. The number of hydrogen-bond acceptors (Lipinski definition) is 2. The van der Waals surface area contributed by atoms with Crippen LogP contribution >= 0.6 is 0 Å². The van der Waals surface area contributed by atoms with Gasteiger partial charge in [0.15, 0.2) is 0 Å². The quantitative estimate of drug-likeness (QED) is 0.707. The molecule has 0 aromatic carbocycles. The molecule has 1 fully saturated rings. The maximum atomic E-state index is 10.8. The Bertz CT molecular complexity index is 193. The molecule has 0 radical (unpaired) electrons. The zero-order valence-electron chi connectivity index (χ0n) is 8.66. The van der Waals surface area contributed by atoms with Crippen molar-refractivity contribution in [2.24, 2.45) is 11.8 Å². The first-order valence-electron chi connectivity index (χ1n) is 4.95. The summed E-state index contributed by atoms with van der Waals surface area (Å²) in [4.78, 5) is 13.1. The number of hydrogen-bond donors (Lipinski definition) is 1. The van der Waals surface area contributed by atoms with Gasteiger partial charge in [0.25, 0.3) is 0 Å². The summed E-state index contributed by atoms with van der Waals surface area (Å²) in [5.41, 5.74) is 0. The van der Waals surface area contributed by atoms with Crippen molar-refractivity contribution in [3.05, 3.63) is 0 Å². The average Bonchev–Trinajstić information content (AvgIpc) is 2.08. The molecule has 0 saturated carbocycles. The molecule has 0 spiro atoms. The van der Waals surface area contributed by atoms with E-state index < -0.39 is 5.97 Å². The topological polar surface area (TPSA) is 40.5 Å².